The summed E-state index contributed by atoms with van der Waals surface area (Å²) in [7, 11) is 1.71. The van der Waals surface area contributed by atoms with E-state index in [1.807, 2.05) is 0 Å². The topological polar surface area (TPSA) is 53.6 Å². The Balaban J connectivity index is 2.14. The van der Waals surface area contributed by atoms with E-state index in [0.29, 0.717) is 11.9 Å². The van der Waals surface area contributed by atoms with E-state index in [1.165, 1.54) is 38.9 Å². The van der Waals surface area contributed by atoms with Gasteiger partial charge in [-0.1, -0.05) is 13.3 Å². The molecule has 4 heteroatoms. The van der Waals surface area contributed by atoms with Gasteiger partial charge < -0.3 is 16.0 Å². The predicted molar refractivity (Wildman–Crippen MR) is 65.0 cm³/mol. The first-order chi connectivity index (χ1) is 7.22. The maximum atomic E-state index is 5.58. The Kier molecular flexibility index (Phi) is 5.47. The summed E-state index contributed by atoms with van der Waals surface area (Å²) in [5, 5.41) is 3.12. The van der Waals surface area contributed by atoms with E-state index >= 15 is 0 Å². The van der Waals surface area contributed by atoms with E-state index in [-0.39, 0.29) is 0 Å². The zero-order valence-corrected chi connectivity index (χ0v) is 10.00. The summed E-state index contributed by atoms with van der Waals surface area (Å²) in [6.45, 7) is 6.87. The van der Waals surface area contributed by atoms with Crippen molar-refractivity contribution in [2.75, 3.05) is 33.2 Å². The summed E-state index contributed by atoms with van der Waals surface area (Å²) in [5.74, 6) is 1.17. The second-order valence-corrected chi connectivity index (χ2v) is 4.46. The van der Waals surface area contributed by atoms with Crippen LogP contribution in [0.2, 0.25) is 0 Å². The number of likely N-dealkylation sites (tertiary alicyclic amines) is 1. The number of aliphatic imine (C=N–C) groups is 1. The fourth-order valence-electron chi connectivity index (χ4n) is 2.01. The number of guanidine groups is 1. The molecule has 1 rings (SSSR count). The van der Waals surface area contributed by atoms with Gasteiger partial charge in [-0.25, -0.2) is 0 Å². The molecule has 0 radical (unpaired) electrons. The van der Waals surface area contributed by atoms with Crippen molar-refractivity contribution in [2.24, 2.45) is 16.6 Å². The third-order valence-corrected chi connectivity index (χ3v) is 2.89. The van der Waals surface area contributed by atoms with Gasteiger partial charge in [0.15, 0.2) is 5.96 Å². The van der Waals surface area contributed by atoms with Gasteiger partial charge >= 0.3 is 0 Å². The highest BCUT2D eigenvalue weighted by Crippen LogP contribution is 2.10. The van der Waals surface area contributed by atoms with Crippen LogP contribution in [0.25, 0.3) is 0 Å². The number of nitrogens with zero attached hydrogens (tertiary/aromatic N) is 2. The molecule has 1 unspecified atom stereocenters. The van der Waals surface area contributed by atoms with Gasteiger partial charge in [-0.3, -0.25) is 4.99 Å². The van der Waals surface area contributed by atoms with E-state index in [9.17, 15) is 0 Å². The molecule has 0 bridgehead atoms. The van der Waals surface area contributed by atoms with Crippen molar-refractivity contribution < 1.29 is 0 Å². The van der Waals surface area contributed by atoms with Gasteiger partial charge in [-0.05, 0) is 31.8 Å². The second kappa shape index (κ2) is 6.67. The van der Waals surface area contributed by atoms with E-state index in [1.54, 1.807) is 7.05 Å². The smallest absolute Gasteiger partial charge is 0.188 e. The van der Waals surface area contributed by atoms with E-state index in [4.69, 9.17) is 5.73 Å². The molecule has 1 aliphatic heterocycles. The highest BCUT2D eigenvalue weighted by molar-refractivity contribution is 5.77. The van der Waals surface area contributed by atoms with Crippen LogP contribution in [0.5, 0.6) is 0 Å². The van der Waals surface area contributed by atoms with Crippen LogP contribution in [-0.4, -0.2) is 44.1 Å². The first-order valence-electron chi connectivity index (χ1n) is 5.91. The molecule has 0 aliphatic carbocycles. The zero-order valence-electron chi connectivity index (χ0n) is 10.00. The highest BCUT2D eigenvalue weighted by atomic mass is 15.1. The van der Waals surface area contributed by atoms with Crippen molar-refractivity contribution in [1.82, 2.24) is 10.2 Å². The molecule has 1 fully saturated rings. The molecule has 0 aromatic carbocycles. The summed E-state index contributed by atoms with van der Waals surface area (Å²) >= 11 is 0. The largest absolute Gasteiger partial charge is 0.370 e. The molecule has 1 heterocycles. The number of nitrogens with one attached hydrogen (secondary N) is 1. The molecule has 15 heavy (non-hydrogen) atoms. The number of hydrogen-bond acceptors (Lipinski definition) is 2. The number of hydrogen-bond donors (Lipinski definition) is 2. The standard InChI is InChI=1S/C11H24N4/c1-10(8-14-11(12)13-2)9-15-6-4-3-5-7-15/h10H,3-9H2,1-2H3,(H3,12,13,14). The minimum atomic E-state index is 0.542. The van der Waals surface area contributed by atoms with Crippen molar-refractivity contribution in [1.29, 1.82) is 0 Å². The second-order valence-electron chi connectivity index (χ2n) is 4.46. The van der Waals surface area contributed by atoms with Gasteiger partial charge in [0.05, 0.1) is 0 Å². The SMILES string of the molecule is CN=C(N)NCC(C)CN1CCCCC1. The van der Waals surface area contributed by atoms with E-state index in [0.717, 1.165) is 6.54 Å². The Bertz CT molecular complexity index is 197. The maximum absolute atomic E-state index is 5.58. The Morgan fingerprint density at radius 2 is 2.07 bits per heavy atom. The van der Waals surface area contributed by atoms with Crippen molar-refractivity contribution in [3.8, 4) is 0 Å². The van der Waals surface area contributed by atoms with Crippen LogP contribution in [0.1, 0.15) is 26.2 Å². The molecule has 4 nitrogen and oxygen atoms in total. The van der Waals surface area contributed by atoms with Crippen LogP contribution in [0.3, 0.4) is 0 Å². The molecular weight excluding hydrogens is 188 g/mol. The Labute approximate surface area is 92.9 Å². The molecular formula is C11H24N4. The van der Waals surface area contributed by atoms with Crippen molar-refractivity contribution in [3.05, 3.63) is 0 Å². The Morgan fingerprint density at radius 1 is 1.40 bits per heavy atom. The van der Waals surface area contributed by atoms with Crippen molar-refractivity contribution in [2.45, 2.75) is 26.2 Å². The predicted octanol–water partition coefficient (Wildman–Crippen LogP) is 0.643. The fourth-order valence-corrected chi connectivity index (χ4v) is 2.01. The van der Waals surface area contributed by atoms with E-state index < -0.39 is 0 Å². The molecule has 1 saturated heterocycles. The normalized spacial score (nSPS) is 21.3. The van der Waals surface area contributed by atoms with Crippen LogP contribution in [0, 0.1) is 5.92 Å². The molecule has 0 spiro atoms. The van der Waals surface area contributed by atoms with Crippen LogP contribution in [0.4, 0.5) is 0 Å². The van der Waals surface area contributed by atoms with Crippen LogP contribution in [-0.2, 0) is 0 Å². The lowest BCUT2D eigenvalue weighted by Gasteiger charge is -2.29. The number of piperidine rings is 1. The van der Waals surface area contributed by atoms with Gasteiger partial charge in [0.1, 0.15) is 0 Å². The number of rotatable bonds is 4. The van der Waals surface area contributed by atoms with Gasteiger partial charge in [0.25, 0.3) is 0 Å². The molecule has 0 aromatic rings. The molecule has 0 aromatic heterocycles. The first-order valence-corrected chi connectivity index (χ1v) is 5.91. The molecule has 88 valence electrons. The number of nitrogens with two attached hydrogens (primary N) is 1. The van der Waals surface area contributed by atoms with Gasteiger partial charge in [0.2, 0.25) is 0 Å². The average molecular weight is 212 g/mol. The van der Waals surface area contributed by atoms with Crippen LogP contribution < -0.4 is 11.1 Å². The van der Waals surface area contributed by atoms with Gasteiger partial charge in [0, 0.05) is 20.1 Å². The summed E-state index contributed by atoms with van der Waals surface area (Å²) in [6, 6.07) is 0. The molecule has 1 atom stereocenters. The van der Waals surface area contributed by atoms with Crippen molar-refractivity contribution >= 4 is 5.96 Å². The Morgan fingerprint density at radius 3 is 2.67 bits per heavy atom. The van der Waals surface area contributed by atoms with Crippen molar-refractivity contribution in [3.63, 3.8) is 0 Å². The Hall–Kier alpha value is -0.770. The van der Waals surface area contributed by atoms with E-state index in [2.05, 4.69) is 22.1 Å². The van der Waals surface area contributed by atoms with Crippen LogP contribution >= 0.6 is 0 Å². The van der Waals surface area contributed by atoms with Crippen LogP contribution in [0.15, 0.2) is 4.99 Å². The third kappa shape index (κ3) is 5.02. The highest BCUT2D eigenvalue weighted by Gasteiger charge is 2.13. The monoisotopic (exact) mass is 212 g/mol. The summed E-state index contributed by atoms with van der Waals surface area (Å²) < 4.78 is 0. The van der Waals surface area contributed by atoms with Gasteiger partial charge in [-0.2, -0.15) is 0 Å². The van der Waals surface area contributed by atoms with Gasteiger partial charge in [-0.15, -0.1) is 0 Å². The summed E-state index contributed by atoms with van der Waals surface area (Å²) in [6.07, 6.45) is 4.12. The third-order valence-electron chi connectivity index (χ3n) is 2.89. The fraction of sp³-hybridized carbons (Fsp3) is 0.909. The first kappa shape index (κ1) is 12.3. The summed E-state index contributed by atoms with van der Waals surface area (Å²) in [4.78, 5) is 6.43. The zero-order chi connectivity index (χ0) is 11.1. The minimum absolute atomic E-state index is 0.542. The molecule has 3 N–H and O–H groups in total. The lowest BCUT2D eigenvalue weighted by atomic mass is 10.1. The quantitative estimate of drug-likeness (QED) is 0.531. The lowest BCUT2D eigenvalue weighted by Crippen LogP contribution is -2.40. The molecule has 1 aliphatic rings. The minimum Gasteiger partial charge on any atom is -0.370 e. The molecule has 0 amide bonds. The average Bonchev–Trinajstić information content (AvgIpc) is 2.27. The molecule has 0 saturated carbocycles. The lowest BCUT2D eigenvalue weighted by molar-refractivity contribution is 0.201. The maximum Gasteiger partial charge on any atom is 0.188 e. The summed E-state index contributed by atoms with van der Waals surface area (Å²) in [5.41, 5.74) is 5.58.